The van der Waals surface area contributed by atoms with E-state index in [9.17, 15) is 0 Å². The number of halogens is 1. The molecule has 6 heteroatoms. The number of ether oxygens (including phenoxy) is 1. The second-order valence-electron chi connectivity index (χ2n) is 18.6. The first kappa shape index (κ1) is 47.1. The minimum Gasteiger partial charge on any atom is -0.411 e. The molecule has 0 aromatic heterocycles. The molecule has 4 atom stereocenters. The predicted octanol–water partition coefficient (Wildman–Crippen LogP) is 15.4. The molecular formula is C42H87IO3Si2. The van der Waals surface area contributed by atoms with Crippen molar-refractivity contribution < 1.29 is 13.6 Å². The maximum atomic E-state index is 7.21. The number of hydrogen-bond donors (Lipinski definition) is 0. The Kier molecular flexibility index (Phi) is 24.6. The molecule has 0 unspecified atom stereocenters. The monoisotopic (exact) mass is 823 g/mol. The van der Waals surface area contributed by atoms with Crippen molar-refractivity contribution in [2.24, 2.45) is 0 Å². The fourth-order valence-corrected chi connectivity index (χ4v) is 9.97. The van der Waals surface area contributed by atoms with Crippen LogP contribution in [0.25, 0.3) is 0 Å². The van der Waals surface area contributed by atoms with Crippen molar-refractivity contribution in [1.82, 2.24) is 0 Å². The Balaban J connectivity index is 2.76. The highest BCUT2D eigenvalue weighted by atomic mass is 127. The molecule has 0 saturated carbocycles. The molecule has 1 saturated heterocycles. The molecule has 1 aliphatic heterocycles. The van der Waals surface area contributed by atoms with Gasteiger partial charge in [0.05, 0.1) is 24.4 Å². The fraction of sp³-hybridized carbons (Fsp3) is 1.00. The van der Waals surface area contributed by atoms with E-state index in [0.717, 1.165) is 25.7 Å². The zero-order valence-electron chi connectivity index (χ0n) is 34.6. The van der Waals surface area contributed by atoms with Gasteiger partial charge in [0.1, 0.15) is 0 Å². The summed E-state index contributed by atoms with van der Waals surface area (Å²) in [4.78, 5) is 0. The Morgan fingerprint density at radius 1 is 0.521 bits per heavy atom. The quantitative estimate of drug-likeness (QED) is 0.0326. The molecule has 0 N–H and O–H groups in total. The molecule has 0 spiro atoms. The number of alkyl halides is 1. The van der Waals surface area contributed by atoms with Gasteiger partial charge < -0.3 is 13.6 Å². The molecule has 0 aromatic carbocycles. The molecule has 1 heterocycles. The van der Waals surface area contributed by atoms with Gasteiger partial charge in [0.25, 0.3) is 0 Å². The second kappa shape index (κ2) is 25.1. The van der Waals surface area contributed by atoms with Gasteiger partial charge in [0, 0.05) is 0 Å². The maximum Gasteiger partial charge on any atom is 0.192 e. The number of rotatable bonds is 29. The van der Waals surface area contributed by atoms with Crippen molar-refractivity contribution in [1.29, 1.82) is 0 Å². The van der Waals surface area contributed by atoms with E-state index in [2.05, 4.69) is 97.2 Å². The zero-order valence-corrected chi connectivity index (χ0v) is 38.7. The Bertz CT molecular complexity index is 776. The third kappa shape index (κ3) is 19.8. The Morgan fingerprint density at radius 3 is 1.10 bits per heavy atom. The molecule has 1 rings (SSSR count). The molecule has 3 nitrogen and oxygen atoms in total. The van der Waals surface area contributed by atoms with Gasteiger partial charge in [-0.2, -0.15) is 0 Å². The summed E-state index contributed by atoms with van der Waals surface area (Å²) in [5, 5.41) is 0.424. The molecular weight excluding hydrogens is 736 g/mol. The van der Waals surface area contributed by atoms with Gasteiger partial charge in [-0.15, -0.1) is 0 Å². The van der Waals surface area contributed by atoms with Gasteiger partial charge in [0.15, 0.2) is 16.6 Å². The van der Waals surface area contributed by atoms with Crippen LogP contribution < -0.4 is 0 Å². The zero-order chi connectivity index (χ0) is 36.1. The van der Waals surface area contributed by atoms with Gasteiger partial charge in [0.2, 0.25) is 0 Å². The van der Waals surface area contributed by atoms with Crippen LogP contribution in [0.5, 0.6) is 0 Å². The summed E-state index contributed by atoms with van der Waals surface area (Å²) in [6.45, 7) is 26.3. The largest absolute Gasteiger partial charge is 0.411 e. The summed E-state index contributed by atoms with van der Waals surface area (Å²) in [7, 11) is -3.80. The highest BCUT2D eigenvalue weighted by molar-refractivity contribution is 14.1. The van der Waals surface area contributed by atoms with Crippen LogP contribution in [0.1, 0.15) is 203 Å². The standard InChI is InChI=1S/C42H87IO3Si2/c1-12-13-14-15-16-17-20-23-26-29-32-39(45-47(8,9)41(2,3)4)37-34-35-38(44-37)40(46-48(10,11)42(5,6)7)33-30-27-24-21-18-19-22-25-28-31-36-43/h37-40H,12-36H2,1-11H3/t37-,38-,39-,40+/m1/s1. The lowest BCUT2D eigenvalue weighted by molar-refractivity contribution is -0.0715. The van der Waals surface area contributed by atoms with Crippen molar-refractivity contribution in [3.05, 3.63) is 0 Å². The fourth-order valence-electron chi connectivity index (χ4n) is 6.68. The lowest BCUT2D eigenvalue weighted by atomic mass is 10.00. The lowest BCUT2D eigenvalue weighted by Crippen LogP contribution is -2.48. The Morgan fingerprint density at radius 2 is 0.812 bits per heavy atom. The van der Waals surface area contributed by atoms with Crippen LogP contribution in [0.4, 0.5) is 0 Å². The van der Waals surface area contributed by atoms with E-state index < -0.39 is 16.6 Å². The van der Waals surface area contributed by atoms with E-state index in [1.165, 1.54) is 133 Å². The minimum atomic E-state index is -1.90. The summed E-state index contributed by atoms with van der Waals surface area (Å²) in [6, 6.07) is 0. The van der Waals surface area contributed by atoms with E-state index in [0.29, 0.717) is 0 Å². The maximum absolute atomic E-state index is 7.21. The normalized spacial score (nSPS) is 19.2. The van der Waals surface area contributed by atoms with E-state index in [1.54, 1.807) is 0 Å². The summed E-state index contributed by atoms with van der Waals surface area (Å²) in [5.41, 5.74) is 0. The van der Waals surface area contributed by atoms with Crippen molar-refractivity contribution in [2.75, 3.05) is 4.43 Å². The summed E-state index contributed by atoms with van der Waals surface area (Å²) >= 11 is 2.51. The topological polar surface area (TPSA) is 27.7 Å². The highest BCUT2D eigenvalue weighted by Crippen LogP contribution is 2.42. The van der Waals surface area contributed by atoms with E-state index in [4.69, 9.17) is 13.6 Å². The molecule has 0 aliphatic carbocycles. The van der Waals surface area contributed by atoms with Gasteiger partial charge in [-0.1, -0.05) is 193 Å². The van der Waals surface area contributed by atoms with E-state index in [1.807, 2.05) is 0 Å². The Hall–Kier alpha value is 1.04. The predicted molar refractivity (Wildman–Crippen MR) is 228 cm³/mol. The van der Waals surface area contributed by atoms with E-state index >= 15 is 0 Å². The molecule has 0 bridgehead atoms. The van der Waals surface area contributed by atoms with Crippen LogP contribution in [0, 0.1) is 0 Å². The molecule has 288 valence electrons. The van der Waals surface area contributed by atoms with Gasteiger partial charge >= 0.3 is 0 Å². The molecule has 0 amide bonds. The summed E-state index contributed by atoms with van der Waals surface area (Å²) < 4.78 is 22.8. The van der Waals surface area contributed by atoms with Crippen LogP contribution in [0.2, 0.25) is 36.3 Å². The van der Waals surface area contributed by atoms with Gasteiger partial charge in [-0.25, -0.2) is 0 Å². The lowest BCUT2D eigenvalue weighted by Gasteiger charge is -2.42. The van der Waals surface area contributed by atoms with Crippen LogP contribution in [0.3, 0.4) is 0 Å². The van der Waals surface area contributed by atoms with Crippen molar-refractivity contribution in [3.63, 3.8) is 0 Å². The van der Waals surface area contributed by atoms with Crippen LogP contribution >= 0.6 is 22.6 Å². The third-order valence-electron chi connectivity index (χ3n) is 12.1. The van der Waals surface area contributed by atoms with E-state index in [-0.39, 0.29) is 34.5 Å². The molecule has 0 radical (unpaired) electrons. The average molecular weight is 823 g/mol. The highest BCUT2D eigenvalue weighted by Gasteiger charge is 2.45. The first-order valence-corrected chi connectivity index (χ1v) is 28.5. The summed E-state index contributed by atoms with van der Waals surface area (Å²) in [5.74, 6) is 0. The van der Waals surface area contributed by atoms with Crippen molar-refractivity contribution in [2.45, 2.75) is 263 Å². The number of hydrogen-bond acceptors (Lipinski definition) is 3. The summed E-state index contributed by atoms with van der Waals surface area (Å²) in [6.07, 6.45) is 33.1. The second-order valence-corrected chi connectivity index (χ2v) is 29.2. The van der Waals surface area contributed by atoms with Crippen molar-refractivity contribution >= 4 is 39.2 Å². The van der Waals surface area contributed by atoms with Gasteiger partial charge in [-0.3, -0.25) is 0 Å². The van der Waals surface area contributed by atoms with Gasteiger partial charge in [-0.05, 0) is 72.8 Å². The Labute approximate surface area is 318 Å². The smallest absolute Gasteiger partial charge is 0.192 e. The average Bonchev–Trinajstić information content (AvgIpc) is 3.49. The molecule has 48 heavy (non-hydrogen) atoms. The molecule has 1 fully saturated rings. The van der Waals surface area contributed by atoms with Crippen molar-refractivity contribution in [3.8, 4) is 0 Å². The first-order valence-electron chi connectivity index (χ1n) is 21.1. The molecule has 1 aliphatic rings. The molecule has 0 aromatic rings. The third-order valence-corrected chi connectivity index (χ3v) is 21.9. The number of unbranched alkanes of at least 4 members (excludes halogenated alkanes) is 18. The van der Waals surface area contributed by atoms with Crippen LogP contribution in [-0.2, 0) is 13.6 Å². The first-order chi connectivity index (χ1) is 22.6. The van der Waals surface area contributed by atoms with Crippen LogP contribution in [-0.4, -0.2) is 45.5 Å². The minimum absolute atomic E-state index is 0.212. The van der Waals surface area contributed by atoms with Crippen LogP contribution in [0.15, 0.2) is 0 Å². The SMILES string of the molecule is CCCCCCCCCCCC[C@@H](O[Si](C)(C)C(C)(C)C)[C@H]1CC[C@H]([C@H](CCCCCCCCCCCCI)O[Si](C)(C)C(C)(C)C)O1.